The number of urea groups is 1. The normalized spacial score (nSPS) is 18.5. The van der Waals surface area contributed by atoms with E-state index in [-0.39, 0.29) is 25.0 Å². The smallest absolute Gasteiger partial charge is 0.414 e. The first-order valence-corrected chi connectivity index (χ1v) is 9.94. The van der Waals surface area contributed by atoms with Crippen LogP contribution in [0.2, 0.25) is 0 Å². The Hall–Kier alpha value is -3.28. The standard InChI is InChI=1S/C18H23ClFN7O4/c1-11(28)22-9-13-10-27(18(30)31-13)12-2-3-15(14(20)8-12)25-4-6-26(7-5-25)17(29)23-16(21)24-19/h2-3,8,13H,4-7,9-10H2,1H3,(H,22,28)(H3,21,23,24,29)/t13-/m0/s1. The lowest BCUT2D eigenvalue weighted by Crippen LogP contribution is -2.53. The van der Waals surface area contributed by atoms with E-state index < -0.39 is 24.0 Å². The average Bonchev–Trinajstić information content (AvgIpc) is 3.12. The lowest BCUT2D eigenvalue weighted by atomic mass is 10.2. The Bertz CT molecular complexity index is 878. The molecule has 2 aliphatic rings. The van der Waals surface area contributed by atoms with E-state index in [1.807, 2.05) is 4.84 Å². The van der Waals surface area contributed by atoms with Crippen LogP contribution in [0, 0.1) is 11.2 Å². The molecule has 0 unspecified atom stereocenters. The number of rotatable bonds is 4. The van der Waals surface area contributed by atoms with E-state index in [1.54, 1.807) is 17.0 Å². The van der Waals surface area contributed by atoms with Crippen molar-refractivity contribution in [2.75, 3.05) is 49.1 Å². The Morgan fingerprint density at radius 2 is 2.00 bits per heavy atom. The van der Waals surface area contributed by atoms with Crippen LogP contribution in [0.15, 0.2) is 18.2 Å². The van der Waals surface area contributed by atoms with Crippen LogP contribution in [-0.2, 0) is 9.53 Å². The molecule has 4 N–H and O–H groups in total. The lowest BCUT2D eigenvalue weighted by molar-refractivity contribution is -0.119. The number of piperazine rings is 1. The van der Waals surface area contributed by atoms with Gasteiger partial charge in [0.15, 0.2) is 0 Å². The molecule has 31 heavy (non-hydrogen) atoms. The maximum absolute atomic E-state index is 14.8. The average molecular weight is 456 g/mol. The number of ether oxygens (including phenoxy) is 1. The molecule has 13 heteroatoms. The van der Waals surface area contributed by atoms with Crippen molar-refractivity contribution in [1.82, 2.24) is 20.4 Å². The van der Waals surface area contributed by atoms with Gasteiger partial charge in [-0.05, 0) is 18.2 Å². The molecule has 0 saturated carbocycles. The second kappa shape index (κ2) is 9.69. The molecule has 2 aliphatic heterocycles. The minimum Gasteiger partial charge on any atom is -0.442 e. The van der Waals surface area contributed by atoms with Gasteiger partial charge in [-0.25, -0.2) is 14.0 Å². The summed E-state index contributed by atoms with van der Waals surface area (Å²) in [5.41, 5.74) is 0.725. The number of anilines is 2. The first-order valence-electron chi connectivity index (χ1n) is 9.56. The van der Waals surface area contributed by atoms with Gasteiger partial charge in [0.1, 0.15) is 11.9 Å². The predicted molar refractivity (Wildman–Crippen MR) is 112 cm³/mol. The van der Waals surface area contributed by atoms with Crippen molar-refractivity contribution in [3.8, 4) is 0 Å². The quantitative estimate of drug-likeness (QED) is 0.302. The summed E-state index contributed by atoms with van der Waals surface area (Å²) in [5, 5.41) is 12.2. The molecular weight excluding hydrogens is 433 g/mol. The van der Waals surface area contributed by atoms with E-state index in [1.165, 1.54) is 22.8 Å². The van der Waals surface area contributed by atoms with Crippen molar-refractivity contribution in [3.63, 3.8) is 0 Å². The molecule has 168 valence electrons. The fourth-order valence-electron chi connectivity index (χ4n) is 3.38. The topological polar surface area (TPSA) is 130 Å². The van der Waals surface area contributed by atoms with E-state index in [0.29, 0.717) is 37.6 Å². The first-order chi connectivity index (χ1) is 14.8. The molecule has 1 aromatic rings. The van der Waals surface area contributed by atoms with Gasteiger partial charge in [-0.15, -0.1) is 0 Å². The summed E-state index contributed by atoms with van der Waals surface area (Å²) in [5.74, 6) is -1.05. The highest BCUT2D eigenvalue weighted by atomic mass is 35.5. The third-order valence-electron chi connectivity index (χ3n) is 4.93. The van der Waals surface area contributed by atoms with Gasteiger partial charge in [0.2, 0.25) is 11.9 Å². The number of cyclic esters (lactones) is 1. The number of nitrogens with zero attached hydrogens (tertiary/aromatic N) is 3. The molecule has 1 atom stereocenters. The van der Waals surface area contributed by atoms with Gasteiger partial charge in [0.05, 0.1) is 24.5 Å². The van der Waals surface area contributed by atoms with E-state index >= 15 is 0 Å². The molecule has 2 heterocycles. The van der Waals surface area contributed by atoms with E-state index in [9.17, 15) is 18.8 Å². The molecule has 0 bridgehead atoms. The summed E-state index contributed by atoms with van der Waals surface area (Å²) in [6.45, 7) is 3.24. The maximum Gasteiger partial charge on any atom is 0.414 e. The monoisotopic (exact) mass is 455 g/mol. The number of hydrogen-bond acceptors (Lipinski definition) is 6. The summed E-state index contributed by atoms with van der Waals surface area (Å²) < 4.78 is 20.0. The highest BCUT2D eigenvalue weighted by molar-refractivity contribution is 6.22. The number of hydrogen-bond donors (Lipinski definition) is 4. The summed E-state index contributed by atoms with van der Waals surface area (Å²) in [4.78, 5) is 41.8. The number of carbonyl (C=O) groups excluding carboxylic acids is 3. The molecule has 2 saturated heterocycles. The summed E-state index contributed by atoms with van der Waals surface area (Å²) in [7, 11) is 0. The SMILES string of the molecule is CC(=O)NC[C@H]1CN(c2ccc(N3CCN(C(=O)NC(=N)NCl)CC3)c(F)c2)C(=O)O1. The van der Waals surface area contributed by atoms with Crippen molar-refractivity contribution in [3.05, 3.63) is 24.0 Å². The molecule has 0 aliphatic carbocycles. The van der Waals surface area contributed by atoms with Crippen LogP contribution < -0.4 is 25.3 Å². The van der Waals surface area contributed by atoms with Gasteiger partial charge >= 0.3 is 12.1 Å². The fourth-order valence-corrected chi connectivity index (χ4v) is 3.42. The Labute approximate surface area is 183 Å². The molecule has 0 aromatic heterocycles. The molecule has 3 rings (SSSR count). The van der Waals surface area contributed by atoms with Gasteiger partial charge in [0, 0.05) is 44.9 Å². The van der Waals surface area contributed by atoms with Crippen LogP contribution in [0.1, 0.15) is 6.92 Å². The maximum atomic E-state index is 14.8. The number of carbonyl (C=O) groups is 3. The lowest BCUT2D eigenvalue weighted by Gasteiger charge is -2.36. The third-order valence-corrected chi connectivity index (χ3v) is 5.12. The summed E-state index contributed by atoms with van der Waals surface area (Å²) >= 11 is 5.25. The molecule has 11 nitrogen and oxygen atoms in total. The minimum atomic E-state index is -0.598. The van der Waals surface area contributed by atoms with Gasteiger partial charge in [-0.1, -0.05) is 0 Å². The van der Waals surface area contributed by atoms with E-state index in [2.05, 4.69) is 10.6 Å². The highest BCUT2D eigenvalue weighted by Crippen LogP contribution is 2.28. The van der Waals surface area contributed by atoms with Crippen LogP contribution in [0.3, 0.4) is 0 Å². The minimum absolute atomic E-state index is 0.191. The van der Waals surface area contributed by atoms with E-state index in [0.717, 1.165) is 0 Å². The van der Waals surface area contributed by atoms with E-state index in [4.69, 9.17) is 21.9 Å². The van der Waals surface area contributed by atoms with Crippen LogP contribution >= 0.6 is 11.8 Å². The van der Waals surface area contributed by atoms with Gasteiger partial charge < -0.3 is 19.9 Å². The van der Waals surface area contributed by atoms with Crippen LogP contribution in [-0.4, -0.2) is 74.3 Å². The first kappa shape index (κ1) is 22.4. The zero-order valence-electron chi connectivity index (χ0n) is 16.8. The molecule has 0 spiro atoms. The van der Waals surface area contributed by atoms with Crippen molar-refractivity contribution >= 4 is 47.1 Å². The number of nitrogens with one attached hydrogen (secondary N) is 4. The number of benzene rings is 1. The number of halogens is 2. The summed E-state index contributed by atoms with van der Waals surface area (Å²) in [6, 6.07) is 4.02. The zero-order chi connectivity index (χ0) is 22.5. The second-order valence-electron chi connectivity index (χ2n) is 7.06. The molecule has 4 amide bonds. The highest BCUT2D eigenvalue weighted by Gasteiger charge is 2.33. The van der Waals surface area contributed by atoms with Crippen molar-refractivity contribution in [2.24, 2.45) is 0 Å². The number of amides is 4. The molecular formula is C18H23ClFN7O4. The largest absolute Gasteiger partial charge is 0.442 e. The van der Waals surface area contributed by atoms with Crippen LogP contribution in [0.5, 0.6) is 0 Å². The molecule has 1 aromatic carbocycles. The van der Waals surface area contributed by atoms with Crippen molar-refractivity contribution in [2.45, 2.75) is 13.0 Å². The summed E-state index contributed by atoms with van der Waals surface area (Å²) in [6.07, 6.45) is -1.10. The second-order valence-corrected chi connectivity index (χ2v) is 7.25. The van der Waals surface area contributed by atoms with Gasteiger partial charge in [-0.3, -0.25) is 25.3 Å². The molecule has 2 fully saturated rings. The third kappa shape index (κ3) is 5.45. The van der Waals surface area contributed by atoms with Crippen LogP contribution in [0.25, 0.3) is 0 Å². The Balaban J connectivity index is 1.59. The zero-order valence-corrected chi connectivity index (χ0v) is 17.5. The Morgan fingerprint density at radius 3 is 2.61 bits per heavy atom. The Morgan fingerprint density at radius 1 is 1.29 bits per heavy atom. The molecule has 0 radical (unpaired) electrons. The predicted octanol–water partition coefficient (Wildman–Crippen LogP) is 0.797. The fraction of sp³-hybridized carbons (Fsp3) is 0.444. The number of guanidine groups is 1. The van der Waals surface area contributed by atoms with Gasteiger partial charge in [-0.2, -0.15) is 0 Å². The van der Waals surface area contributed by atoms with Crippen LogP contribution in [0.4, 0.5) is 25.4 Å². The Kier molecular flexibility index (Phi) is 7.00. The van der Waals surface area contributed by atoms with Crippen molar-refractivity contribution in [1.29, 1.82) is 5.41 Å². The van der Waals surface area contributed by atoms with Crippen molar-refractivity contribution < 1.29 is 23.5 Å². The van der Waals surface area contributed by atoms with Gasteiger partial charge in [0.25, 0.3) is 0 Å².